The van der Waals surface area contributed by atoms with E-state index in [0.29, 0.717) is 18.8 Å². The number of β-amino-alcohol motifs (C(OH)–C–C–N with tert-alkyl or cyclic N) is 1. The Kier molecular flexibility index (Phi) is 3.73. The zero-order valence-corrected chi connectivity index (χ0v) is 11.1. The average molecular weight is 266 g/mol. The highest BCUT2D eigenvalue weighted by Gasteiger charge is 2.31. The molecule has 6 heteroatoms. The third-order valence-corrected chi connectivity index (χ3v) is 3.33. The Morgan fingerprint density at radius 2 is 2.26 bits per heavy atom. The predicted molar refractivity (Wildman–Crippen MR) is 70.2 cm³/mol. The van der Waals surface area contributed by atoms with E-state index < -0.39 is 10.5 Å². The molecule has 6 nitrogen and oxygen atoms in total. The topological polar surface area (TPSA) is 75.8 Å². The van der Waals surface area contributed by atoms with Crippen molar-refractivity contribution < 1.29 is 14.8 Å². The van der Waals surface area contributed by atoms with Crippen LogP contribution in [-0.2, 0) is 6.54 Å². The largest absolute Gasteiger partial charge is 0.496 e. The van der Waals surface area contributed by atoms with E-state index in [2.05, 4.69) is 4.90 Å². The molecule has 0 radical (unpaired) electrons. The molecule has 2 rings (SSSR count). The molecule has 1 N–H and O–H groups in total. The van der Waals surface area contributed by atoms with Crippen LogP contribution in [0.4, 0.5) is 5.69 Å². The zero-order chi connectivity index (χ0) is 14.0. The maximum atomic E-state index is 10.9. The van der Waals surface area contributed by atoms with E-state index >= 15 is 0 Å². The number of nitrogens with zero attached hydrogens (tertiary/aromatic N) is 2. The molecule has 1 saturated heterocycles. The minimum Gasteiger partial charge on any atom is -0.496 e. The van der Waals surface area contributed by atoms with Crippen LogP contribution in [0.1, 0.15) is 18.9 Å². The Hall–Kier alpha value is -1.66. The first-order valence-electron chi connectivity index (χ1n) is 6.17. The van der Waals surface area contributed by atoms with E-state index in [0.717, 1.165) is 18.5 Å². The Morgan fingerprint density at radius 1 is 1.53 bits per heavy atom. The van der Waals surface area contributed by atoms with Gasteiger partial charge in [0, 0.05) is 25.7 Å². The summed E-state index contributed by atoms with van der Waals surface area (Å²) >= 11 is 0. The molecule has 19 heavy (non-hydrogen) atoms. The van der Waals surface area contributed by atoms with E-state index in [-0.39, 0.29) is 5.69 Å². The predicted octanol–water partition coefficient (Wildman–Crippen LogP) is 1.56. The lowest BCUT2D eigenvalue weighted by Gasteiger charge is -2.19. The van der Waals surface area contributed by atoms with Gasteiger partial charge >= 0.3 is 0 Å². The molecule has 1 aromatic rings. The van der Waals surface area contributed by atoms with Gasteiger partial charge in [0.25, 0.3) is 5.69 Å². The number of nitro groups is 1. The number of likely N-dealkylation sites (tertiary alicyclic amines) is 1. The van der Waals surface area contributed by atoms with Crippen molar-refractivity contribution >= 4 is 5.69 Å². The molecule has 0 bridgehead atoms. The van der Waals surface area contributed by atoms with Gasteiger partial charge in [-0.2, -0.15) is 0 Å². The van der Waals surface area contributed by atoms with Crippen molar-refractivity contribution in [3.8, 4) is 5.75 Å². The van der Waals surface area contributed by atoms with Crippen molar-refractivity contribution in [2.45, 2.75) is 25.5 Å². The van der Waals surface area contributed by atoms with Gasteiger partial charge < -0.3 is 9.84 Å². The van der Waals surface area contributed by atoms with Gasteiger partial charge in [0.15, 0.2) is 0 Å². The molecule has 1 fully saturated rings. The van der Waals surface area contributed by atoms with E-state index in [9.17, 15) is 15.2 Å². The number of non-ortho nitro benzene ring substituents is 1. The third-order valence-electron chi connectivity index (χ3n) is 3.33. The summed E-state index contributed by atoms with van der Waals surface area (Å²) in [6.45, 7) is 3.76. The zero-order valence-electron chi connectivity index (χ0n) is 11.1. The highest BCUT2D eigenvalue weighted by atomic mass is 16.6. The number of rotatable bonds is 4. The van der Waals surface area contributed by atoms with Gasteiger partial charge in [0.2, 0.25) is 0 Å². The van der Waals surface area contributed by atoms with Crippen molar-refractivity contribution in [3.05, 3.63) is 33.9 Å². The SMILES string of the molecule is COc1cc(CN2CCC(C)(O)C2)cc([N+](=O)[O-])c1. The second-order valence-electron chi connectivity index (χ2n) is 5.25. The number of hydrogen-bond acceptors (Lipinski definition) is 5. The summed E-state index contributed by atoms with van der Waals surface area (Å²) in [5.41, 5.74) is 0.189. The molecule has 104 valence electrons. The second-order valence-corrected chi connectivity index (χ2v) is 5.25. The van der Waals surface area contributed by atoms with Crippen LogP contribution in [0.5, 0.6) is 5.75 Å². The molecular weight excluding hydrogens is 248 g/mol. The first-order chi connectivity index (χ1) is 8.89. The van der Waals surface area contributed by atoms with Gasteiger partial charge in [0.05, 0.1) is 23.7 Å². The van der Waals surface area contributed by atoms with E-state index in [1.54, 1.807) is 19.1 Å². The van der Waals surface area contributed by atoms with Crippen LogP contribution >= 0.6 is 0 Å². The fourth-order valence-electron chi connectivity index (χ4n) is 2.39. The smallest absolute Gasteiger partial charge is 0.273 e. The Labute approximate surface area is 111 Å². The molecule has 0 aromatic heterocycles. The normalized spacial score (nSPS) is 23.5. The van der Waals surface area contributed by atoms with Gasteiger partial charge in [-0.25, -0.2) is 0 Å². The van der Waals surface area contributed by atoms with Crippen LogP contribution < -0.4 is 4.74 Å². The standard InChI is InChI=1S/C13H18N2O4/c1-13(16)3-4-14(9-13)8-10-5-11(15(17)18)7-12(6-10)19-2/h5-7,16H,3-4,8-9H2,1-2H3. The Balaban J connectivity index is 2.16. The Morgan fingerprint density at radius 3 is 2.79 bits per heavy atom. The summed E-state index contributed by atoms with van der Waals surface area (Å²) in [6.07, 6.45) is 0.721. The highest BCUT2D eigenvalue weighted by Crippen LogP contribution is 2.26. The van der Waals surface area contributed by atoms with E-state index in [4.69, 9.17) is 4.74 Å². The second kappa shape index (κ2) is 5.14. The maximum absolute atomic E-state index is 10.9. The number of benzene rings is 1. The Bertz CT molecular complexity index is 488. The number of aliphatic hydroxyl groups is 1. The third kappa shape index (κ3) is 3.42. The minimum atomic E-state index is -0.662. The molecule has 0 amide bonds. The summed E-state index contributed by atoms with van der Waals surface area (Å²) in [6, 6.07) is 4.75. The summed E-state index contributed by atoms with van der Waals surface area (Å²) < 4.78 is 5.08. The van der Waals surface area contributed by atoms with Crippen LogP contribution in [0, 0.1) is 10.1 Å². The van der Waals surface area contributed by atoms with Gasteiger partial charge in [0.1, 0.15) is 5.75 Å². The van der Waals surface area contributed by atoms with E-state index in [1.165, 1.54) is 13.2 Å². The molecule has 1 aliphatic rings. The molecular formula is C13H18N2O4. The first-order valence-corrected chi connectivity index (χ1v) is 6.17. The van der Waals surface area contributed by atoms with Crippen LogP contribution in [0.3, 0.4) is 0 Å². The van der Waals surface area contributed by atoms with Gasteiger partial charge in [-0.15, -0.1) is 0 Å². The van der Waals surface area contributed by atoms with Gasteiger partial charge in [-0.1, -0.05) is 0 Å². The number of ether oxygens (including phenoxy) is 1. The van der Waals surface area contributed by atoms with Crippen molar-refractivity contribution in [1.29, 1.82) is 0 Å². The lowest BCUT2D eigenvalue weighted by atomic mass is 10.1. The quantitative estimate of drug-likeness (QED) is 0.661. The maximum Gasteiger partial charge on any atom is 0.273 e. The van der Waals surface area contributed by atoms with Crippen LogP contribution in [0.15, 0.2) is 18.2 Å². The molecule has 0 saturated carbocycles. The van der Waals surface area contributed by atoms with Crippen molar-refractivity contribution in [2.24, 2.45) is 0 Å². The summed E-state index contributed by atoms with van der Waals surface area (Å²) in [4.78, 5) is 12.5. The van der Waals surface area contributed by atoms with Gasteiger partial charge in [-0.3, -0.25) is 15.0 Å². The fourth-order valence-corrected chi connectivity index (χ4v) is 2.39. The van der Waals surface area contributed by atoms with Crippen molar-refractivity contribution in [1.82, 2.24) is 4.90 Å². The fraction of sp³-hybridized carbons (Fsp3) is 0.538. The monoisotopic (exact) mass is 266 g/mol. The van der Waals surface area contributed by atoms with E-state index in [1.807, 2.05) is 0 Å². The summed E-state index contributed by atoms with van der Waals surface area (Å²) in [5.74, 6) is 0.482. The van der Waals surface area contributed by atoms with Crippen LogP contribution in [0.2, 0.25) is 0 Å². The summed E-state index contributed by atoms with van der Waals surface area (Å²) in [5, 5.41) is 20.8. The first kappa shape index (κ1) is 13.8. The number of nitro benzene ring substituents is 1. The molecule has 1 aliphatic heterocycles. The molecule has 0 spiro atoms. The highest BCUT2D eigenvalue weighted by molar-refractivity contribution is 5.42. The minimum absolute atomic E-state index is 0.0281. The molecule has 1 aromatic carbocycles. The number of hydrogen-bond donors (Lipinski definition) is 1. The molecule has 1 heterocycles. The van der Waals surface area contributed by atoms with Crippen molar-refractivity contribution in [3.63, 3.8) is 0 Å². The molecule has 0 aliphatic carbocycles. The molecule has 1 unspecified atom stereocenters. The average Bonchev–Trinajstić information content (AvgIpc) is 2.68. The number of methoxy groups -OCH3 is 1. The lowest BCUT2D eigenvalue weighted by Crippen LogP contribution is -2.29. The van der Waals surface area contributed by atoms with Crippen LogP contribution in [-0.4, -0.2) is 40.7 Å². The van der Waals surface area contributed by atoms with Crippen molar-refractivity contribution in [2.75, 3.05) is 20.2 Å². The summed E-state index contributed by atoms with van der Waals surface area (Å²) in [7, 11) is 1.49. The lowest BCUT2D eigenvalue weighted by molar-refractivity contribution is -0.385. The van der Waals surface area contributed by atoms with Gasteiger partial charge in [-0.05, 0) is 25.0 Å². The van der Waals surface area contributed by atoms with Crippen LogP contribution in [0.25, 0.3) is 0 Å². The molecule has 1 atom stereocenters.